The molecule has 0 aliphatic heterocycles. The Balaban J connectivity index is 1.41. The molecule has 0 bridgehead atoms. The smallest absolute Gasteiger partial charge is 0.435 e. The Kier molecular flexibility index (Phi) is 7.05. The molecule has 0 saturated heterocycles. The van der Waals surface area contributed by atoms with Crippen molar-refractivity contribution in [3.63, 3.8) is 0 Å². The molecule has 0 saturated carbocycles. The second-order valence-electron chi connectivity index (χ2n) is 8.98. The molecule has 0 aliphatic rings. The maximum atomic E-state index is 12.6. The van der Waals surface area contributed by atoms with Crippen molar-refractivity contribution in [3.8, 4) is 11.5 Å². The molecule has 2 aromatic carbocycles. The van der Waals surface area contributed by atoms with Gasteiger partial charge in [0.1, 0.15) is 22.8 Å². The Morgan fingerprint density at radius 3 is 2.38 bits per heavy atom. The molecule has 2 heterocycles. The highest BCUT2D eigenvalue weighted by Crippen LogP contribution is 2.25. The molecule has 0 atom stereocenters. The quantitative estimate of drug-likeness (QED) is 0.349. The number of fused-ring (bicyclic) bond motifs is 1. The first-order valence-electron chi connectivity index (χ1n) is 11.4. The van der Waals surface area contributed by atoms with Crippen LogP contribution in [0.5, 0.6) is 11.5 Å². The van der Waals surface area contributed by atoms with Crippen LogP contribution in [-0.4, -0.2) is 45.4 Å². The highest BCUT2D eigenvalue weighted by Gasteiger charge is 2.20. The summed E-state index contributed by atoms with van der Waals surface area (Å²) >= 11 is 0. The minimum absolute atomic E-state index is 0.224. The molecular formula is C26H26N6O5. The van der Waals surface area contributed by atoms with Crippen LogP contribution in [0.1, 0.15) is 31.3 Å². The van der Waals surface area contributed by atoms with Gasteiger partial charge >= 0.3 is 12.1 Å². The van der Waals surface area contributed by atoms with E-state index in [0.29, 0.717) is 33.8 Å². The van der Waals surface area contributed by atoms with Gasteiger partial charge in [0.15, 0.2) is 0 Å². The number of pyridine rings is 1. The van der Waals surface area contributed by atoms with Gasteiger partial charge in [0.25, 0.3) is 5.91 Å². The summed E-state index contributed by atoms with van der Waals surface area (Å²) in [5.41, 5.74) is 1.14. The summed E-state index contributed by atoms with van der Waals surface area (Å²) in [5, 5.41) is 12.8. The third kappa shape index (κ3) is 6.40. The summed E-state index contributed by atoms with van der Waals surface area (Å²) < 4.78 is 12.4. The highest BCUT2D eigenvalue weighted by atomic mass is 16.6. The predicted molar refractivity (Wildman–Crippen MR) is 138 cm³/mol. The fourth-order valence-corrected chi connectivity index (χ4v) is 3.36. The Morgan fingerprint density at radius 2 is 1.65 bits per heavy atom. The van der Waals surface area contributed by atoms with Crippen LogP contribution in [0.4, 0.5) is 21.0 Å². The topological polar surface area (TPSA) is 136 Å². The number of ether oxygens (including phenoxy) is 2. The highest BCUT2D eigenvalue weighted by molar-refractivity contribution is 6.01. The second-order valence-corrected chi connectivity index (χ2v) is 8.98. The first-order chi connectivity index (χ1) is 17.6. The Hall–Kier alpha value is -4.93. The van der Waals surface area contributed by atoms with Gasteiger partial charge in [-0.1, -0.05) is 6.07 Å². The summed E-state index contributed by atoms with van der Waals surface area (Å²) in [4.78, 5) is 40.8. The van der Waals surface area contributed by atoms with Crippen LogP contribution >= 0.6 is 0 Å². The molecule has 0 fully saturated rings. The van der Waals surface area contributed by atoms with E-state index in [1.807, 2.05) is 0 Å². The average molecular weight is 503 g/mol. The monoisotopic (exact) mass is 502 g/mol. The third-order valence-electron chi connectivity index (χ3n) is 4.91. The summed E-state index contributed by atoms with van der Waals surface area (Å²) in [6, 6.07) is 14.5. The second kappa shape index (κ2) is 10.4. The number of nitrogens with zero attached hydrogens (tertiary/aromatic N) is 3. The van der Waals surface area contributed by atoms with Gasteiger partial charge in [-0.25, -0.2) is 9.59 Å². The van der Waals surface area contributed by atoms with Crippen LogP contribution in [0.3, 0.4) is 0 Å². The number of rotatable bonds is 5. The zero-order valence-corrected chi connectivity index (χ0v) is 20.7. The Bertz CT molecular complexity index is 1470. The summed E-state index contributed by atoms with van der Waals surface area (Å²) in [5.74, 6) is 0.561. The number of benzene rings is 2. The fraction of sp³-hybridized carbons (Fsp3) is 0.192. The lowest BCUT2D eigenvalue weighted by Gasteiger charge is -2.19. The minimum atomic E-state index is -0.649. The van der Waals surface area contributed by atoms with E-state index in [9.17, 15) is 14.4 Å². The molecule has 0 spiro atoms. The van der Waals surface area contributed by atoms with Gasteiger partial charge in [0.2, 0.25) is 0 Å². The molecule has 0 unspecified atom stereocenters. The lowest BCUT2D eigenvalue weighted by molar-refractivity contribution is 0.0522. The van der Waals surface area contributed by atoms with Crippen LogP contribution in [0.2, 0.25) is 0 Å². The van der Waals surface area contributed by atoms with Crippen LogP contribution in [-0.2, 0) is 4.74 Å². The predicted octanol–water partition coefficient (Wildman–Crippen LogP) is 5.01. The molecule has 190 valence electrons. The first kappa shape index (κ1) is 25.2. The van der Waals surface area contributed by atoms with E-state index in [2.05, 4.69) is 26.0 Å². The largest absolute Gasteiger partial charge is 0.457 e. The van der Waals surface area contributed by atoms with Crippen LogP contribution < -0.4 is 20.7 Å². The molecule has 4 aromatic rings. The number of carbonyl (C=O) groups is 3. The zero-order chi connectivity index (χ0) is 26.6. The van der Waals surface area contributed by atoms with Gasteiger partial charge < -0.3 is 25.4 Å². The number of urea groups is 1. The van der Waals surface area contributed by atoms with E-state index in [4.69, 9.17) is 9.47 Å². The van der Waals surface area contributed by atoms with Crippen molar-refractivity contribution in [1.82, 2.24) is 20.1 Å². The SMILES string of the molecule is CNC(=O)c1cc(Oc2cccc(NC(=O)Nc3ccc4c(cnn4C(=O)OC(C)(C)C)c3)c2)ccn1. The molecule has 0 aliphatic carbocycles. The summed E-state index contributed by atoms with van der Waals surface area (Å²) in [6.07, 6.45) is 2.42. The van der Waals surface area contributed by atoms with Gasteiger partial charge in [-0.05, 0) is 57.2 Å². The lowest BCUT2D eigenvalue weighted by atomic mass is 10.2. The van der Waals surface area contributed by atoms with Gasteiger partial charge in [0.05, 0.1) is 11.7 Å². The zero-order valence-electron chi connectivity index (χ0n) is 20.7. The van der Waals surface area contributed by atoms with E-state index in [1.165, 1.54) is 30.2 Å². The molecule has 37 heavy (non-hydrogen) atoms. The van der Waals surface area contributed by atoms with E-state index in [-0.39, 0.29) is 11.6 Å². The normalized spacial score (nSPS) is 11.0. The van der Waals surface area contributed by atoms with E-state index in [0.717, 1.165) is 0 Å². The molecule has 11 heteroatoms. The number of nitrogens with one attached hydrogen (secondary N) is 3. The maximum absolute atomic E-state index is 12.6. The third-order valence-corrected chi connectivity index (χ3v) is 4.91. The average Bonchev–Trinajstić information content (AvgIpc) is 3.26. The molecule has 4 rings (SSSR count). The van der Waals surface area contributed by atoms with Gasteiger partial charge in [-0.15, -0.1) is 0 Å². The molecular weight excluding hydrogens is 476 g/mol. The van der Waals surface area contributed by atoms with Gasteiger partial charge in [0, 0.05) is 42.1 Å². The van der Waals surface area contributed by atoms with Crippen LogP contribution in [0.25, 0.3) is 10.9 Å². The van der Waals surface area contributed by atoms with Crippen LogP contribution in [0, 0.1) is 0 Å². The number of hydrogen-bond acceptors (Lipinski definition) is 7. The number of amides is 3. The fourth-order valence-electron chi connectivity index (χ4n) is 3.36. The molecule has 3 amide bonds. The minimum Gasteiger partial charge on any atom is -0.457 e. The van der Waals surface area contributed by atoms with Gasteiger partial charge in [-0.2, -0.15) is 9.78 Å². The number of aromatic nitrogens is 3. The van der Waals surface area contributed by atoms with Crippen LogP contribution in [0.15, 0.2) is 67.0 Å². The molecule has 11 nitrogen and oxygen atoms in total. The van der Waals surface area contributed by atoms with Crippen molar-refractivity contribution in [2.75, 3.05) is 17.7 Å². The number of hydrogen-bond donors (Lipinski definition) is 3. The Labute approximate surface area is 212 Å². The number of carbonyl (C=O) groups excluding carboxylic acids is 3. The van der Waals surface area contributed by atoms with Crippen molar-refractivity contribution in [1.29, 1.82) is 0 Å². The summed E-state index contributed by atoms with van der Waals surface area (Å²) in [7, 11) is 1.52. The lowest BCUT2D eigenvalue weighted by Crippen LogP contribution is -2.27. The first-order valence-corrected chi connectivity index (χ1v) is 11.4. The summed E-state index contributed by atoms with van der Waals surface area (Å²) in [6.45, 7) is 5.34. The van der Waals surface area contributed by atoms with Crippen molar-refractivity contribution in [3.05, 3.63) is 72.7 Å². The van der Waals surface area contributed by atoms with E-state index >= 15 is 0 Å². The van der Waals surface area contributed by atoms with Crippen molar-refractivity contribution < 1.29 is 23.9 Å². The molecule has 0 radical (unpaired) electrons. The standard InChI is InChI=1S/C26H26N6O5/c1-26(2,3)37-25(35)32-22-9-8-18(12-16(22)15-29-32)31-24(34)30-17-6-5-7-19(13-17)36-20-10-11-28-21(14-20)23(33)27-4/h5-15H,1-4H3,(H,27,33)(H2,30,31,34). The van der Waals surface area contributed by atoms with Crippen molar-refractivity contribution in [2.24, 2.45) is 0 Å². The van der Waals surface area contributed by atoms with E-state index < -0.39 is 17.7 Å². The Morgan fingerprint density at radius 1 is 0.919 bits per heavy atom. The van der Waals surface area contributed by atoms with Crippen molar-refractivity contribution >= 4 is 40.3 Å². The van der Waals surface area contributed by atoms with Gasteiger partial charge in [-0.3, -0.25) is 9.78 Å². The van der Waals surface area contributed by atoms with E-state index in [1.54, 1.807) is 69.3 Å². The molecule has 2 aromatic heterocycles. The maximum Gasteiger partial charge on any atom is 0.435 e. The van der Waals surface area contributed by atoms with Crippen molar-refractivity contribution in [2.45, 2.75) is 26.4 Å². The number of anilines is 2. The molecule has 3 N–H and O–H groups in total.